The summed E-state index contributed by atoms with van der Waals surface area (Å²) >= 11 is 0. The van der Waals surface area contributed by atoms with E-state index in [0.717, 1.165) is 51.3 Å². The summed E-state index contributed by atoms with van der Waals surface area (Å²) in [4.78, 5) is 16.8. The SMILES string of the molecule is CCN(CC)C(=O)C1CCN(Cn2cc(-c3ccccc3)cn2)CC1. The quantitative estimate of drug-likeness (QED) is 0.811. The van der Waals surface area contributed by atoms with Gasteiger partial charge in [-0.05, 0) is 32.3 Å². The number of piperidine rings is 1. The standard InChI is InChI=1S/C20H28N4O/c1-3-23(4-2)20(25)18-10-12-22(13-11-18)16-24-15-19(14-21-24)17-8-6-5-7-9-17/h5-9,14-15,18H,3-4,10-13,16H2,1-2H3. The molecule has 0 bridgehead atoms. The molecule has 0 saturated carbocycles. The third-order valence-electron chi connectivity index (χ3n) is 5.10. The first-order valence-corrected chi connectivity index (χ1v) is 9.30. The van der Waals surface area contributed by atoms with Gasteiger partial charge in [0.05, 0.1) is 12.9 Å². The molecule has 1 saturated heterocycles. The van der Waals surface area contributed by atoms with Gasteiger partial charge in [-0.3, -0.25) is 14.4 Å². The van der Waals surface area contributed by atoms with E-state index in [1.807, 2.05) is 34.0 Å². The van der Waals surface area contributed by atoms with Gasteiger partial charge >= 0.3 is 0 Å². The maximum Gasteiger partial charge on any atom is 0.225 e. The van der Waals surface area contributed by atoms with Gasteiger partial charge in [-0.25, -0.2) is 0 Å². The van der Waals surface area contributed by atoms with Crippen LogP contribution in [0, 0.1) is 5.92 Å². The average Bonchev–Trinajstić information content (AvgIpc) is 3.12. The molecule has 5 nitrogen and oxygen atoms in total. The normalized spacial score (nSPS) is 16.1. The van der Waals surface area contributed by atoms with E-state index in [0.29, 0.717) is 5.91 Å². The molecule has 0 unspecified atom stereocenters. The minimum absolute atomic E-state index is 0.189. The lowest BCUT2D eigenvalue weighted by Crippen LogP contribution is -2.42. The summed E-state index contributed by atoms with van der Waals surface area (Å²) < 4.78 is 1.99. The Hall–Kier alpha value is -2.14. The highest BCUT2D eigenvalue weighted by Crippen LogP contribution is 2.21. The first-order chi connectivity index (χ1) is 12.2. The maximum atomic E-state index is 12.5. The molecule has 1 aliphatic rings. The fourth-order valence-electron chi connectivity index (χ4n) is 3.54. The predicted molar refractivity (Wildman–Crippen MR) is 99.9 cm³/mol. The molecular weight excluding hydrogens is 312 g/mol. The Morgan fingerprint density at radius 1 is 1.12 bits per heavy atom. The van der Waals surface area contributed by atoms with Gasteiger partial charge in [0.25, 0.3) is 0 Å². The van der Waals surface area contributed by atoms with Crippen LogP contribution in [0.3, 0.4) is 0 Å². The lowest BCUT2D eigenvalue weighted by atomic mass is 9.95. The molecule has 0 spiro atoms. The first-order valence-electron chi connectivity index (χ1n) is 9.30. The number of hydrogen-bond acceptors (Lipinski definition) is 3. The molecule has 5 heteroatoms. The second-order valence-corrected chi connectivity index (χ2v) is 6.68. The Labute approximate surface area is 150 Å². The van der Waals surface area contributed by atoms with Crippen molar-refractivity contribution < 1.29 is 4.79 Å². The highest BCUT2D eigenvalue weighted by Gasteiger charge is 2.27. The van der Waals surface area contributed by atoms with Crippen LogP contribution in [0.15, 0.2) is 42.7 Å². The summed E-state index contributed by atoms with van der Waals surface area (Å²) in [5.41, 5.74) is 2.34. The molecule has 0 N–H and O–H groups in total. The molecular formula is C20H28N4O. The van der Waals surface area contributed by atoms with Crippen molar-refractivity contribution in [2.75, 3.05) is 26.2 Å². The molecule has 0 aliphatic carbocycles. The van der Waals surface area contributed by atoms with Crippen LogP contribution < -0.4 is 0 Å². The number of hydrogen-bond donors (Lipinski definition) is 0. The van der Waals surface area contributed by atoms with Crippen LogP contribution in [-0.4, -0.2) is 51.7 Å². The van der Waals surface area contributed by atoms with Crippen LogP contribution in [-0.2, 0) is 11.5 Å². The van der Waals surface area contributed by atoms with E-state index in [9.17, 15) is 4.79 Å². The number of carbonyl (C=O) groups excluding carboxylic acids is 1. The summed E-state index contributed by atoms with van der Waals surface area (Å²) in [6.07, 6.45) is 5.92. The van der Waals surface area contributed by atoms with Gasteiger partial charge < -0.3 is 4.90 Å². The first kappa shape index (κ1) is 17.7. The number of likely N-dealkylation sites (tertiary alicyclic amines) is 1. The Balaban J connectivity index is 1.53. The molecule has 1 aromatic carbocycles. The maximum absolute atomic E-state index is 12.5. The number of aromatic nitrogens is 2. The summed E-state index contributed by atoms with van der Waals surface area (Å²) in [7, 11) is 0. The monoisotopic (exact) mass is 340 g/mol. The van der Waals surface area contributed by atoms with Crippen molar-refractivity contribution in [1.29, 1.82) is 0 Å². The molecule has 134 valence electrons. The van der Waals surface area contributed by atoms with Crippen LogP contribution in [0.1, 0.15) is 26.7 Å². The van der Waals surface area contributed by atoms with Crippen molar-refractivity contribution in [3.05, 3.63) is 42.7 Å². The van der Waals surface area contributed by atoms with E-state index in [4.69, 9.17) is 0 Å². The van der Waals surface area contributed by atoms with Crippen LogP contribution in [0.4, 0.5) is 0 Å². The average molecular weight is 340 g/mol. The van der Waals surface area contributed by atoms with E-state index in [2.05, 4.69) is 42.2 Å². The Morgan fingerprint density at radius 3 is 2.44 bits per heavy atom. The third kappa shape index (κ3) is 4.28. The van der Waals surface area contributed by atoms with Gasteiger partial charge in [0, 0.05) is 43.9 Å². The van der Waals surface area contributed by atoms with Crippen LogP contribution in [0.2, 0.25) is 0 Å². The van der Waals surface area contributed by atoms with Crippen molar-refractivity contribution in [2.24, 2.45) is 5.92 Å². The van der Waals surface area contributed by atoms with Gasteiger partial charge in [-0.2, -0.15) is 5.10 Å². The largest absolute Gasteiger partial charge is 0.343 e. The van der Waals surface area contributed by atoms with E-state index in [1.54, 1.807) is 0 Å². The predicted octanol–water partition coefficient (Wildman–Crippen LogP) is 3.09. The zero-order valence-electron chi connectivity index (χ0n) is 15.3. The van der Waals surface area contributed by atoms with Crippen molar-refractivity contribution in [3.63, 3.8) is 0 Å². The zero-order chi connectivity index (χ0) is 17.6. The van der Waals surface area contributed by atoms with Crippen molar-refractivity contribution in [1.82, 2.24) is 19.6 Å². The molecule has 1 aliphatic heterocycles. The molecule has 25 heavy (non-hydrogen) atoms. The second-order valence-electron chi connectivity index (χ2n) is 6.68. The van der Waals surface area contributed by atoms with Crippen LogP contribution in [0.25, 0.3) is 11.1 Å². The molecule has 1 aromatic heterocycles. The lowest BCUT2D eigenvalue weighted by molar-refractivity contribution is -0.136. The minimum atomic E-state index is 0.189. The highest BCUT2D eigenvalue weighted by molar-refractivity contribution is 5.78. The fraction of sp³-hybridized carbons (Fsp3) is 0.500. The highest BCUT2D eigenvalue weighted by atomic mass is 16.2. The Morgan fingerprint density at radius 2 is 1.80 bits per heavy atom. The lowest BCUT2D eigenvalue weighted by Gasteiger charge is -2.33. The summed E-state index contributed by atoms with van der Waals surface area (Å²) in [5, 5.41) is 4.50. The third-order valence-corrected chi connectivity index (χ3v) is 5.10. The Kier molecular flexibility index (Phi) is 5.87. The van der Waals surface area contributed by atoms with Gasteiger partial charge in [0.1, 0.15) is 0 Å². The number of carbonyl (C=O) groups is 1. The van der Waals surface area contributed by atoms with E-state index in [1.165, 1.54) is 5.56 Å². The van der Waals surface area contributed by atoms with Crippen molar-refractivity contribution in [3.8, 4) is 11.1 Å². The van der Waals surface area contributed by atoms with Gasteiger partial charge in [-0.1, -0.05) is 30.3 Å². The van der Waals surface area contributed by atoms with Gasteiger partial charge in [0.2, 0.25) is 5.91 Å². The molecule has 2 aromatic rings. The topological polar surface area (TPSA) is 41.4 Å². The van der Waals surface area contributed by atoms with Crippen LogP contribution >= 0.6 is 0 Å². The smallest absolute Gasteiger partial charge is 0.225 e. The summed E-state index contributed by atoms with van der Waals surface area (Å²) in [6.45, 7) is 8.43. The molecule has 2 heterocycles. The van der Waals surface area contributed by atoms with Crippen molar-refractivity contribution in [2.45, 2.75) is 33.4 Å². The van der Waals surface area contributed by atoms with E-state index < -0.39 is 0 Å². The van der Waals surface area contributed by atoms with Crippen LogP contribution in [0.5, 0.6) is 0 Å². The summed E-state index contributed by atoms with van der Waals surface area (Å²) in [6, 6.07) is 10.3. The van der Waals surface area contributed by atoms with Gasteiger partial charge in [0.15, 0.2) is 0 Å². The van der Waals surface area contributed by atoms with E-state index in [-0.39, 0.29) is 5.92 Å². The van der Waals surface area contributed by atoms with E-state index >= 15 is 0 Å². The molecule has 0 atom stereocenters. The second kappa shape index (κ2) is 8.30. The molecule has 0 radical (unpaired) electrons. The van der Waals surface area contributed by atoms with Crippen molar-refractivity contribution >= 4 is 5.91 Å². The minimum Gasteiger partial charge on any atom is -0.343 e. The number of rotatable bonds is 6. The number of amides is 1. The van der Waals surface area contributed by atoms with Gasteiger partial charge in [-0.15, -0.1) is 0 Å². The number of nitrogens with zero attached hydrogens (tertiary/aromatic N) is 4. The Bertz CT molecular complexity index is 670. The zero-order valence-corrected chi connectivity index (χ0v) is 15.3. The molecule has 1 fully saturated rings. The summed E-state index contributed by atoms with van der Waals surface area (Å²) in [5.74, 6) is 0.517. The number of benzene rings is 1. The fourth-order valence-corrected chi connectivity index (χ4v) is 3.54. The molecule has 3 rings (SSSR count). The molecule has 1 amide bonds.